The van der Waals surface area contributed by atoms with Gasteiger partial charge in [-0.2, -0.15) is 0 Å². The fourth-order valence-corrected chi connectivity index (χ4v) is 2.39. The lowest BCUT2D eigenvalue weighted by atomic mass is 9.88. The van der Waals surface area contributed by atoms with Crippen LogP contribution >= 0.6 is 0 Å². The van der Waals surface area contributed by atoms with Crippen molar-refractivity contribution in [1.29, 1.82) is 0 Å². The Morgan fingerprint density at radius 2 is 1.61 bits per heavy atom. The van der Waals surface area contributed by atoms with Gasteiger partial charge in [0.25, 0.3) is 0 Å². The van der Waals surface area contributed by atoms with Crippen molar-refractivity contribution in [3.8, 4) is 11.5 Å². The van der Waals surface area contributed by atoms with Gasteiger partial charge in [-0.1, -0.05) is 0 Å². The number of methoxy groups -OCH3 is 2. The summed E-state index contributed by atoms with van der Waals surface area (Å²) in [5, 5.41) is 0. The first-order valence-corrected chi connectivity index (χ1v) is 5.84. The van der Waals surface area contributed by atoms with E-state index in [0.29, 0.717) is 12.8 Å². The van der Waals surface area contributed by atoms with Gasteiger partial charge in [-0.3, -0.25) is 0 Å². The summed E-state index contributed by atoms with van der Waals surface area (Å²) < 4.78 is 38.4. The Morgan fingerprint density at radius 1 is 1.17 bits per heavy atom. The van der Waals surface area contributed by atoms with Crippen molar-refractivity contribution >= 4 is 0 Å². The fraction of sp³-hybridized carbons (Fsp3) is 0.538. The Morgan fingerprint density at radius 3 is 1.89 bits per heavy atom. The maximum atomic E-state index is 14.3. The predicted octanol–water partition coefficient (Wildman–Crippen LogP) is 2.36. The zero-order valence-electron chi connectivity index (χ0n) is 10.7. The van der Waals surface area contributed by atoms with E-state index >= 15 is 0 Å². The average molecular weight is 257 g/mol. The summed E-state index contributed by atoms with van der Waals surface area (Å²) >= 11 is 0. The summed E-state index contributed by atoms with van der Waals surface area (Å²) in [4.78, 5) is 0. The standard InChI is InChI=1S/C13H17F2NO2/c1-7(16)13(4-5-13)10-11(14)8(17-2)6-9(18-3)12(10)15/h6-7H,4-5,16H2,1-3H3. The highest BCUT2D eigenvalue weighted by Crippen LogP contribution is 2.54. The number of hydrogen-bond donors (Lipinski definition) is 1. The molecule has 18 heavy (non-hydrogen) atoms. The van der Waals surface area contributed by atoms with Crippen molar-refractivity contribution in [3.05, 3.63) is 23.3 Å². The number of rotatable bonds is 4. The molecule has 0 aliphatic heterocycles. The maximum Gasteiger partial charge on any atom is 0.172 e. The fourth-order valence-electron chi connectivity index (χ4n) is 2.39. The van der Waals surface area contributed by atoms with E-state index in [9.17, 15) is 8.78 Å². The monoisotopic (exact) mass is 257 g/mol. The van der Waals surface area contributed by atoms with Crippen LogP contribution in [0, 0.1) is 11.6 Å². The lowest BCUT2D eigenvalue weighted by Crippen LogP contribution is -2.33. The molecule has 0 saturated heterocycles. The molecule has 5 heteroatoms. The molecule has 1 aromatic carbocycles. The molecular formula is C13H17F2NO2. The molecule has 2 rings (SSSR count). The van der Waals surface area contributed by atoms with Gasteiger partial charge in [-0.15, -0.1) is 0 Å². The Hall–Kier alpha value is -1.36. The molecule has 0 spiro atoms. The second-order valence-electron chi connectivity index (χ2n) is 4.73. The molecule has 1 aliphatic carbocycles. The molecule has 1 fully saturated rings. The summed E-state index contributed by atoms with van der Waals surface area (Å²) in [6, 6.07) is 0.893. The Labute approximate surface area is 105 Å². The second-order valence-corrected chi connectivity index (χ2v) is 4.73. The Balaban J connectivity index is 2.65. The first-order valence-electron chi connectivity index (χ1n) is 5.84. The van der Waals surface area contributed by atoms with Crippen LogP contribution in [0.5, 0.6) is 11.5 Å². The van der Waals surface area contributed by atoms with Crippen molar-refractivity contribution in [3.63, 3.8) is 0 Å². The van der Waals surface area contributed by atoms with Crippen LogP contribution in [0.4, 0.5) is 8.78 Å². The first kappa shape index (κ1) is 13.1. The van der Waals surface area contributed by atoms with Gasteiger partial charge in [0.05, 0.1) is 14.2 Å². The van der Waals surface area contributed by atoms with Gasteiger partial charge in [0.15, 0.2) is 23.1 Å². The van der Waals surface area contributed by atoms with Crippen LogP contribution in [0.15, 0.2) is 6.07 Å². The summed E-state index contributed by atoms with van der Waals surface area (Å²) in [6.45, 7) is 1.76. The predicted molar refractivity (Wildman–Crippen MR) is 64.0 cm³/mol. The van der Waals surface area contributed by atoms with E-state index in [1.165, 1.54) is 20.3 Å². The first-order chi connectivity index (χ1) is 8.47. The normalized spacial score (nSPS) is 18.3. The van der Waals surface area contributed by atoms with Gasteiger partial charge in [-0.25, -0.2) is 8.78 Å². The number of ether oxygens (including phenoxy) is 2. The Kier molecular flexibility index (Phi) is 3.19. The van der Waals surface area contributed by atoms with E-state index in [2.05, 4.69) is 0 Å². The van der Waals surface area contributed by atoms with Crippen LogP contribution in [0.25, 0.3) is 0 Å². The van der Waals surface area contributed by atoms with Gasteiger partial charge in [0.2, 0.25) is 0 Å². The van der Waals surface area contributed by atoms with Gasteiger partial charge in [0, 0.05) is 23.1 Å². The third kappa shape index (κ3) is 1.73. The van der Waals surface area contributed by atoms with Gasteiger partial charge in [-0.05, 0) is 19.8 Å². The van der Waals surface area contributed by atoms with Crippen LogP contribution in [0.3, 0.4) is 0 Å². The SMILES string of the molecule is COc1cc(OC)c(F)c(C2(C(C)N)CC2)c1F. The van der Waals surface area contributed by atoms with E-state index in [0.717, 1.165) is 0 Å². The minimum absolute atomic E-state index is 0.00583. The molecule has 1 atom stereocenters. The average Bonchev–Trinajstić information content (AvgIpc) is 3.11. The molecule has 0 bridgehead atoms. The summed E-state index contributed by atoms with van der Waals surface area (Å²) in [6.07, 6.45) is 1.35. The van der Waals surface area contributed by atoms with Crippen LogP contribution in [0.2, 0.25) is 0 Å². The zero-order valence-corrected chi connectivity index (χ0v) is 10.7. The molecule has 1 saturated carbocycles. The Bertz CT molecular complexity index is 442. The molecule has 1 aromatic rings. The third-order valence-corrected chi connectivity index (χ3v) is 3.73. The summed E-state index contributed by atoms with van der Waals surface area (Å²) in [5.41, 5.74) is 5.24. The smallest absolute Gasteiger partial charge is 0.172 e. The number of halogens is 2. The summed E-state index contributed by atoms with van der Waals surface area (Å²) in [5.74, 6) is -1.39. The van der Waals surface area contributed by atoms with Crippen molar-refractivity contribution in [1.82, 2.24) is 0 Å². The highest BCUT2D eigenvalue weighted by Gasteiger charge is 2.52. The molecule has 0 aromatic heterocycles. The van der Waals surface area contributed by atoms with E-state index in [-0.39, 0.29) is 23.1 Å². The van der Waals surface area contributed by atoms with Crippen LogP contribution in [0.1, 0.15) is 25.3 Å². The number of hydrogen-bond acceptors (Lipinski definition) is 3. The number of nitrogens with two attached hydrogens (primary N) is 1. The van der Waals surface area contributed by atoms with Crippen molar-refractivity contribution in [2.24, 2.45) is 5.73 Å². The molecule has 0 heterocycles. The largest absolute Gasteiger partial charge is 0.494 e. The molecule has 100 valence electrons. The quantitative estimate of drug-likeness (QED) is 0.900. The molecule has 0 amide bonds. The molecule has 1 aliphatic rings. The maximum absolute atomic E-state index is 14.3. The highest BCUT2D eigenvalue weighted by atomic mass is 19.1. The minimum atomic E-state index is -0.675. The van der Waals surface area contributed by atoms with E-state index in [1.807, 2.05) is 0 Å². The van der Waals surface area contributed by atoms with Crippen molar-refractivity contribution in [2.75, 3.05) is 14.2 Å². The van der Waals surface area contributed by atoms with Gasteiger partial charge < -0.3 is 15.2 Å². The topological polar surface area (TPSA) is 44.5 Å². The lowest BCUT2D eigenvalue weighted by molar-refractivity contribution is 0.344. The minimum Gasteiger partial charge on any atom is -0.494 e. The molecular weight excluding hydrogens is 240 g/mol. The van der Waals surface area contributed by atoms with E-state index in [1.54, 1.807) is 6.92 Å². The lowest BCUT2D eigenvalue weighted by Gasteiger charge is -2.23. The van der Waals surface area contributed by atoms with Crippen LogP contribution < -0.4 is 15.2 Å². The molecule has 0 radical (unpaired) electrons. The van der Waals surface area contributed by atoms with Crippen molar-refractivity contribution < 1.29 is 18.3 Å². The molecule has 1 unspecified atom stereocenters. The zero-order chi connectivity index (χ0) is 13.5. The highest BCUT2D eigenvalue weighted by molar-refractivity contribution is 5.48. The van der Waals surface area contributed by atoms with E-state index < -0.39 is 17.0 Å². The van der Waals surface area contributed by atoms with Gasteiger partial charge in [0.1, 0.15) is 0 Å². The number of benzene rings is 1. The van der Waals surface area contributed by atoms with Crippen LogP contribution in [-0.4, -0.2) is 20.3 Å². The summed E-state index contributed by atoms with van der Waals surface area (Å²) in [7, 11) is 2.68. The van der Waals surface area contributed by atoms with Gasteiger partial charge >= 0.3 is 0 Å². The third-order valence-electron chi connectivity index (χ3n) is 3.73. The molecule has 2 N–H and O–H groups in total. The van der Waals surface area contributed by atoms with Crippen molar-refractivity contribution in [2.45, 2.75) is 31.2 Å². The molecule has 3 nitrogen and oxygen atoms in total. The second kappa shape index (κ2) is 4.39. The van der Waals surface area contributed by atoms with E-state index in [4.69, 9.17) is 15.2 Å². The van der Waals surface area contributed by atoms with Crippen LogP contribution in [-0.2, 0) is 5.41 Å².